The number of nitrogens with zero attached hydrogens (tertiary/aromatic N) is 2. The number of anilines is 1. The Hall–Kier alpha value is -5.14. The van der Waals surface area contributed by atoms with Crippen LogP contribution in [-0.4, -0.2) is 52.1 Å². The van der Waals surface area contributed by atoms with Crippen LogP contribution in [0.25, 0.3) is 0 Å². The molecular formula is C32H33F2N5O7. The van der Waals surface area contributed by atoms with Crippen LogP contribution in [0.4, 0.5) is 14.5 Å². The summed E-state index contributed by atoms with van der Waals surface area (Å²) in [5, 5.41) is 11.7. The van der Waals surface area contributed by atoms with Crippen molar-refractivity contribution in [3.8, 4) is 0 Å². The number of nitrogens with one attached hydrogen (secondary N) is 3. The van der Waals surface area contributed by atoms with Gasteiger partial charge in [-0.25, -0.2) is 13.6 Å². The van der Waals surface area contributed by atoms with Crippen molar-refractivity contribution in [2.24, 2.45) is 5.92 Å². The van der Waals surface area contributed by atoms with Crippen LogP contribution >= 0.6 is 0 Å². The van der Waals surface area contributed by atoms with Gasteiger partial charge < -0.3 is 29.8 Å². The van der Waals surface area contributed by atoms with E-state index in [1.165, 1.54) is 42.6 Å². The van der Waals surface area contributed by atoms with Crippen LogP contribution in [-0.2, 0) is 25.5 Å². The van der Waals surface area contributed by atoms with Crippen molar-refractivity contribution < 1.29 is 37.2 Å². The molecule has 1 aliphatic carbocycles. The molecule has 2 unspecified atom stereocenters. The molecular weight excluding hydrogens is 604 g/mol. The summed E-state index contributed by atoms with van der Waals surface area (Å²) >= 11 is 0. The van der Waals surface area contributed by atoms with Gasteiger partial charge >= 0.3 is 5.97 Å². The van der Waals surface area contributed by atoms with Gasteiger partial charge in [0, 0.05) is 43.3 Å². The molecule has 1 saturated heterocycles. The van der Waals surface area contributed by atoms with Crippen LogP contribution in [0.15, 0.2) is 64.1 Å². The number of hydrogen-bond donors (Lipinski definition) is 3. The van der Waals surface area contributed by atoms with Gasteiger partial charge in [-0.15, -0.1) is 0 Å². The standard InChI is InChI=1S/C32H33F2N5O7/c1-18-14-26(38-46-18)30(42)37-25-6-3-13-39(32(25)44)27(16-19-7-9-23(33)24(34)15-19)31(43)36-21(17-20-11-12-35-29(20)41)8-10-28(40)45-22-4-2-5-22/h3,6-10,13-15,20-22,27H,2,4-5,11-12,16-17H2,1H3,(H,35,41)(H,36,43)(H,37,42)/b10-8+/t20?,21-,27?/m1/s1. The zero-order chi connectivity index (χ0) is 32.8. The molecule has 0 spiro atoms. The molecule has 3 amide bonds. The van der Waals surface area contributed by atoms with Gasteiger partial charge in [0.05, 0.1) is 0 Å². The smallest absolute Gasteiger partial charge is 0.330 e. The molecule has 3 heterocycles. The minimum atomic E-state index is -1.32. The summed E-state index contributed by atoms with van der Waals surface area (Å²) in [6.45, 7) is 2.07. The molecule has 12 nitrogen and oxygen atoms in total. The van der Waals surface area contributed by atoms with Gasteiger partial charge in [0.1, 0.15) is 23.6 Å². The lowest BCUT2D eigenvalue weighted by Gasteiger charge is -2.25. The van der Waals surface area contributed by atoms with Gasteiger partial charge in [-0.05, 0) is 68.9 Å². The Morgan fingerprint density at radius 3 is 2.61 bits per heavy atom. The minimum absolute atomic E-state index is 0.0650. The SMILES string of the molecule is Cc1cc(C(=O)Nc2cccn(C(Cc3ccc(F)c(F)c3)C(=O)N[C@H](/C=C/C(=O)OC3CCC3)CC3CCNC3=O)c2=O)no1. The van der Waals surface area contributed by atoms with E-state index < -0.39 is 53.0 Å². The van der Waals surface area contributed by atoms with Crippen molar-refractivity contribution in [1.29, 1.82) is 0 Å². The third-order valence-electron chi connectivity index (χ3n) is 7.96. The summed E-state index contributed by atoms with van der Waals surface area (Å²) < 4.78 is 39.2. The first kappa shape index (κ1) is 32.3. The van der Waals surface area contributed by atoms with E-state index in [1.807, 2.05) is 0 Å². The Kier molecular flexibility index (Phi) is 10.0. The normalized spacial score (nSPS) is 17.6. The Balaban J connectivity index is 1.43. The number of benzene rings is 1. The number of aromatic nitrogens is 2. The molecule has 0 radical (unpaired) electrons. The maximum atomic E-state index is 14.2. The van der Waals surface area contributed by atoms with Gasteiger partial charge in [0.2, 0.25) is 11.8 Å². The number of rotatable bonds is 12. The average Bonchev–Trinajstić information content (AvgIpc) is 3.63. The second kappa shape index (κ2) is 14.3. The molecule has 2 fully saturated rings. The number of aryl methyl sites for hydroxylation is 1. The maximum absolute atomic E-state index is 14.2. The number of esters is 1. The lowest BCUT2D eigenvalue weighted by Crippen LogP contribution is -2.43. The van der Waals surface area contributed by atoms with Crippen LogP contribution in [0.1, 0.15) is 60.0 Å². The molecule has 1 aromatic carbocycles. The van der Waals surface area contributed by atoms with Crippen LogP contribution in [0.2, 0.25) is 0 Å². The molecule has 1 saturated carbocycles. The Morgan fingerprint density at radius 1 is 1.15 bits per heavy atom. The Bertz CT molecular complexity index is 1710. The zero-order valence-electron chi connectivity index (χ0n) is 25.0. The predicted octanol–water partition coefficient (Wildman–Crippen LogP) is 3.12. The summed E-state index contributed by atoms with van der Waals surface area (Å²) in [7, 11) is 0. The number of carbonyl (C=O) groups is 4. The maximum Gasteiger partial charge on any atom is 0.330 e. The number of amides is 3. The lowest BCUT2D eigenvalue weighted by molar-refractivity contribution is -0.146. The second-order valence-corrected chi connectivity index (χ2v) is 11.4. The molecule has 1 aliphatic heterocycles. The number of hydrogen-bond acceptors (Lipinski definition) is 8. The van der Waals surface area contributed by atoms with Crippen LogP contribution in [0.3, 0.4) is 0 Å². The number of ether oxygens (including phenoxy) is 1. The van der Waals surface area contributed by atoms with Crippen molar-refractivity contribution >= 4 is 29.4 Å². The summed E-state index contributed by atoms with van der Waals surface area (Å²) in [5.74, 6) is -4.47. The highest BCUT2D eigenvalue weighted by Gasteiger charge is 2.30. The first-order chi connectivity index (χ1) is 22.1. The first-order valence-corrected chi connectivity index (χ1v) is 14.9. The molecule has 14 heteroatoms. The molecule has 3 atom stereocenters. The molecule has 3 aromatic rings. The molecule has 5 rings (SSSR count). The van der Waals surface area contributed by atoms with Gasteiger partial charge in [0.25, 0.3) is 11.5 Å². The van der Waals surface area contributed by atoms with Crippen molar-refractivity contribution in [2.45, 2.75) is 63.6 Å². The highest BCUT2D eigenvalue weighted by Crippen LogP contribution is 2.23. The Labute approximate surface area is 262 Å². The van der Waals surface area contributed by atoms with Crippen molar-refractivity contribution in [3.63, 3.8) is 0 Å². The highest BCUT2D eigenvalue weighted by molar-refractivity contribution is 6.02. The van der Waals surface area contributed by atoms with Gasteiger partial charge in [0.15, 0.2) is 17.3 Å². The molecule has 0 bridgehead atoms. The summed E-state index contributed by atoms with van der Waals surface area (Å²) in [4.78, 5) is 65.0. The summed E-state index contributed by atoms with van der Waals surface area (Å²) in [6.07, 6.45) is 6.79. The van der Waals surface area contributed by atoms with E-state index in [9.17, 15) is 32.8 Å². The summed E-state index contributed by atoms with van der Waals surface area (Å²) in [6, 6.07) is 5.15. The highest BCUT2D eigenvalue weighted by atomic mass is 19.2. The van der Waals surface area contributed by atoms with Crippen molar-refractivity contribution in [3.05, 3.63) is 93.8 Å². The van der Waals surface area contributed by atoms with E-state index in [4.69, 9.17) is 9.26 Å². The van der Waals surface area contributed by atoms with E-state index >= 15 is 0 Å². The fourth-order valence-corrected chi connectivity index (χ4v) is 5.25. The Morgan fingerprint density at radius 2 is 1.96 bits per heavy atom. The largest absolute Gasteiger partial charge is 0.459 e. The molecule has 242 valence electrons. The third-order valence-corrected chi connectivity index (χ3v) is 7.96. The fourth-order valence-electron chi connectivity index (χ4n) is 5.25. The molecule has 46 heavy (non-hydrogen) atoms. The van der Waals surface area contributed by atoms with Crippen molar-refractivity contribution in [1.82, 2.24) is 20.4 Å². The van der Waals surface area contributed by atoms with Crippen LogP contribution in [0, 0.1) is 24.5 Å². The van der Waals surface area contributed by atoms with Gasteiger partial charge in [-0.2, -0.15) is 0 Å². The number of carbonyl (C=O) groups excluding carboxylic acids is 4. The third kappa shape index (κ3) is 7.92. The van der Waals surface area contributed by atoms with E-state index in [0.29, 0.717) is 18.7 Å². The van der Waals surface area contributed by atoms with E-state index in [2.05, 4.69) is 21.1 Å². The second-order valence-electron chi connectivity index (χ2n) is 11.4. The number of pyridine rings is 1. The van der Waals surface area contributed by atoms with E-state index in [-0.39, 0.29) is 41.8 Å². The van der Waals surface area contributed by atoms with Crippen molar-refractivity contribution in [2.75, 3.05) is 11.9 Å². The van der Waals surface area contributed by atoms with Crippen LogP contribution in [0.5, 0.6) is 0 Å². The zero-order valence-corrected chi connectivity index (χ0v) is 25.0. The van der Waals surface area contributed by atoms with E-state index in [0.717, 1.165) is 36.0 Å². The first-order valence-electron chi connectivity index (χ1n) is 14.9. The molecule has 2 aromatic heterocycles. The van der Waals surface area contributed by atoms with Gasteiger partial charge in [-0.3, -0.25) is 19.2 Å². The molecule has 2 aliphatic rings. The lowest BCUT2D eigenvalue weighted by atomic mass is 9.96. The average molecular weight is 638 g/mol. The predicted molar refractivity (Wildman–Crippen MR) is 160 cm³/mol. The fraction of sp³-hybridized carbons (Fsp3) is 0.375. The minimum Gasteiger partial charge on any atom is -0.459 e. The van der Waals surface area contributed by atoms with Gasteiger partial charge in [-0.1, -0.05) is 17.3 Å². The monoisotopic (exact) mass is 637 g/mol. The summed E-state index contributed by atoms with van der Waals surface area (Å²) in [5.41, 5.74) is -0.784. The quantitative estimate of drug-likeness (QED) is 0.202. The van der Waals surface area contributed by atoms with Crippen LogP contribution < -0.4 is 21.5 Å². The number of halogens is 2. The topological polar surface area (TPSA) is 162 Å². The van der Waals surface area contributed by atoms with E-state index in [1.54, 1.807) is 6.92 Å². The molecule has 3 N–H and O–H groups in total.